The number of nitrogens with zero attached hydrogens (tertiary/aromatic N) is 1. The van der Waals surface area contributed by atoms with E-state index in [1.165, 1.54) is 32.4 Å². The van der Waals surface area contributed by atoms with Crippen LogP contribution < -0.4 is 5.32 Å². The summed E-state index contributed by atoms with van der Waals surface area (Å²) in [6, 6.07) is 0. The molecule has 3 heteroatoms. The van der Waals surface area contributed by atoms with Crippen molar-refractivity contribution in [3.8, 4) is 0 Å². The van der Waals surface area contributed by atoms with Gasteiger partial charge in [0.2, 0.25) is 0 Å². The van der Waals surface area contributed by atoms with Gasteiger partial charge in [-0.2, -0.15) is 0 Å². The van der Waals surface area contributed by atoms with Gasteiger partial charge in [0.1, 0.15) is 0 Å². The minimum absolute atomic E-state index is 0.450. The number of hydrogen-bond acceptors (Lipinski definition) is 3. The van der Waals surface area contributed by atoms with Gasteiger partial charge in [-0.3, -0.25) is 0 Å². The molecule has 1 N–H and O–H groups in total. The highest BCUT2D eigenvalue weighted by atomic mass is 16.5. The van der Waals surface area contributed by atoms with Crippen molar-refractivity contribution >= 4 is 0 Å². The second-order valence-corrected chi connectivity index (χ2v) is 7.38. The Labute approximate surface area is 119 Å². The van der Waals surface area contributed by atoms with Gasteiger partial charge < -0.3 is 15.0 Å². The van der Waals surface area contributed by atoms with E-state index in [1.807, 2.05) is 0 Å². The lowest BCUT2D eigenvalue weighted by atomic mass is 9.80. The van der Waals surface area contributed by atoms with Gasteiger partial charge in [-0.25, -0.2) is 0 Å². The van der Waals surface area contributed by atoms with Crippen molar-refractivity contribution in [1.29, 1.82) is 0 Å². The van der Waals surface area contributed by atoms with Crippen LogP contribution in [0.25, 0.3) is 0 Å². The maximum absolute atomic E-state index is 6.14. The third-order valence-corrected chi connectivity index (χ3v) is 4.78. The zero-order valence-corrected chi connectivity index (χ0v) is 13.2. The van der Waals surface area contributed by atoms with Crippen molar-refractivity contribution in [3.63, 3.8) is 0 Å². The molecule has 2 fully saturated rings. The Morgan fingerprint density at radius 1 is 1.16 bits per heavy atom. The van der Waals surface area contributed by atoms with Crippen molar-refractivity contribution in [3.05, 3.63) is 0 Å². The van der Waals surface area contributed by atoms with Crippen LogP contribution in [0, 0.1) is 11.3 Å². The van der Waals surface area contributed by atoms with Crippen LogP contribution in [0.3, 0.4) is 0 Å². The van der Waals surface area contributed by atoms with Crippen molar-refractivity contribution in [2.24, 2.45) is 11.3 Å². The van der Waals surface area contributed by atoms with Crippen LogP contribution in [0.15, 0.2) is 0 Å². The third-order valence-electron chi connectivity index (χ3n) is 4.78. The Morgan fingerprint density at radius 3 is 2.53 bits per heavy atom. The van der Waals surface area contributed by atoms with E-state index in [4.69, 9.17) is 4.74 Å². The quantitative estimate of drug-likeness (QED) is 0.829. The highest BCUT2D eigenvalue weighted by Crippen LogP contribution is 2.34. The molecule has 0 saturated carbocycles. The topological polar surface area (TPSA) is 24.5 Å². The van der Waals surface area contributed by atoms with E-state index in [0.717, 1.165) is 25.6 Å². The van der Waals surface area contributed by atoms with Crippen LogP contribution in [-0.4, -0.2) is 49.8 Å². The van der Waals surface area contributed by atoms with Crippen molar-refractivity contribution in [2.45, 2.75) is 59.2 Å². The van der Waals surface area contributed by atoms with Gasteiger partial charge in [0, 0.05) is 19.6 Å². The van der Waals surface area contributed by atoms with Gasteiger partial charge >= 0.3 is 0 Å². The van der Waals surface area contributed by atoms with Crippen LogP contribution in [0.5, 0.6) is 0 Å². The monoisotopic (exact) mass is 268 g/mol. The highest BCUT2D eigenvalue weighted by molar-refractivity contribution is 4.86. The van der Waals surface area contributed by atoms with E-state index >= 15 is 0 Å². The molecule has 2 heterocycles. The first-order valence-corrected chi connectivity index (χ1v) is 8.07. The van der Waals surface area contributed by atoms with Gasteiger partial charge in [0.15, 0.2) is 0 Å². The molecule has 3 unspecified atom stereocenters. The number of likely N-dealkylation sites (N-methyl/N-ethyl adjacent to an activating group) is 1. The molecular weight excluding hydrogens is 236 g/mol. The highest BCUT2D eigenvalue weighted by Gasteiger charge is 2.34. The minimum Gasteiger partial charge on any atom is -0.372 e. The number of rotatable bonds is 5. The fraction of sp³-hybridized carbons (Fsp3) is 1.00. The molecule has 112 valence electrons. The summed E-state index contributed by atoms with van der Waals surface area (Å²) in [5.41, 5.74) is 0.457. The Balaban J connectivity index is 1.69. The van der Waals surface area contributed by atoms with E-state index in [2.05, 4.69) is 37.9 Å². The van der Waals surface area contributed by atoms with E-state index in [1.54, 1.807) is 0 Å². The van der Waals surface area contributed by atoms with Crippen LogP contribution >= 0.6 is 0 Å². The molecule has 0 amide bonds. The molecule has 2 rings (SSSR count). The van der Waals surface area contributed by atoms with Gasteiger partial charge in [-0.05, 0) is 43.7 Å². The summed E-state index contributed by atoms with van der Waals surface area (Å²) in [6.07, 6.45) is 4.76. The fourth-order valence-electron chi connectivity index (χ4n) is 3.36. The SMILES string of the molecule is CCNCC1CCC(CN2CCC(C(C)(C)C)C2)O1. The van der Waals surface area contributed by atoms with Gasteiger partial charge in [0.05, 0.1) is 12.2 Å². The summed E-state index contributed by atoms with van der Waals surface area (Å²) in [6.45, 7) is 15.0. The zero-order valence-electron chi connectivity index (χ0n) is 13.2. The minimum atomic E-state index is 0.450. The summed E-state index contributed by atoms with van der Waals surface area (Å²) in [5.74, 6) is 0.853. The fourth-order valence-corrected chi connectivity index (χ4v) is 3.36. The summed E-state index contributed by atoms with van der Waals surface area (Å²) < 4.78 is 6.14. The largest absolute Gasteiger partial charge is 0.372 e. The smallest absolute Gasteiger partial charge is 0.0707 e. The second kappa shape index (κ2) is 6.55. The summed E-state index contributed by atoms with van der Waals surface area (Å²) in [5, 5.41) is 3.39. The molecular formula is C16H32N2O. The molecule has 2 aliphatic rings. The number of hydrogen-bond donors (Lipinski definition) is 1. The predicted molar refractivity (Wildman–Crippen MR) is 80.4 cm³/mol. The first-order chi connectivity index (χ1) is 8.99. The molecule has 0 aromatic heterocycles. The molecule has 2 aliphatic heterocycles. The molecule has 0 aliphatic carbocycles. The molecule has 3 atom stereocenters. The van der Waals surface area contributed by atoms with E-state index in [-0.39, 0.29) is 0 Å². The van der Waals surface area contributed by atoms with Gasteiger partial charge in [-0.15, -0.1) is 0 Å². The Bertz CT molecular complexity index is 274. The first kappa shape index (κ1) is 15.3. The number of ether oxygens (including phenoxy) is 1. The van der Waals surface area contributed by atoms with Crippen LogP contribution in [0.4, 0.5) is 0 Å². The molecule has 0 radical (unpaired) electrons. The molecule has 19 heavy (non-hydrogen) atoms. The third kappa shape index (κ3) is 4.44. The normalized spacial score (nSPS) is 33.2. The zero-order chi connectivity index (χ0) is 13.9. The van der Waals surface area contributed by atoms with E-state index in [0.29, 0.717) is 17.6 Å². The predicted octanol–water partition coefficient (Wildman–Crippen LogP) is 2.51. The van der Waals surface area contributed by atoms with Gasteiger partial charge in [-0.1, -0.05) is 27.7 Å². The van der Waals surface area contributed by atoms with Crippen LogP contribution in [-0.2, 0) is 4.74 Å². The average Bonchev–Trinajstić information content (AvgIpc) is 2.95. The lowest BCUT2D eigenvalue weighted by Crippen LogP contribution is -2.33. The number of nitrogens with one attached hydrogen (secondary N) is 1. The average molecular weight is 268 g/mol. The molecule has 0 aromatic rings. The number of likely N-dealkylation sites (tertiary alicyclic amines) is 1. The van der Waals surface area contributed by atoms with Crippen molar-refractivity contribution in [2.75, 3.05) is 32.7 Å². The Kier molecular flexibility index (Phi) is 5.27. The molecule has 2 saturated heterocycles. The maximum Gasteiger partial charge on any atom is 0.0707 e. The van der Waals surface area contributed by atoms with E-state index in [9.17, 15) is 0 Å². The molecule has 0 spiro atoms. The Hall–Kier alpha value is -0.120. The standard InChI is InChI=1S/C16H32N2O/c1-5-17-10-14-6-7-15(19-14)12-18-9-8-13(11-18)16(2,3)4/h13-15,17H,5-12H2,1-4H3. The summed E-state index contributed by atoms with van der Waals surface area (Å²) in [4.78, 5) is 2.62. The van der Waals surface area contributed by atoms with Crippen molar-refractivity contribution < 1.29 is 4.74 Å². The summed E-state index contributed by atoms with van der Waals surface area (Å²) >= 11 is 0. The van der Waals surface area contributed by atoms with E-state index < -0.39 is 0 Å². The second-order valence-electron chi connectivity index (χ2n) is 7.38. The van der Waals surface area contributed by atoms with Gasteiger partial charge in [0.25, 0.3) is 0 Å². The Morgan fingerprint density at radius 2 is 1.89 bits per heavy atom. The van der Waals surface area contributed by atoms with Crippen LogP contribution in [0.2, 0.25) is 0 Å². The summed E-state index contributed by atoms with van der Waals surface area (Å²) in [7, 11) is 0. The lowest BCUT2D eigenvalue weighted by Gasteiger charge is -2.27. The lowest BCUT2D eigenvalue weighted by molar-refractivity contribution is 0.0262. The molecule has 0 aromatic carbocycles. The molecule has 0 bridgehead atoms. The first-order valence-electron chi connectivity index (χ1n) is 8.07. The molecule has 3 nitrogen and oxygen atoms in total. The van der Waals surface area contributed by atoms with Crippen molar-refractivity contribution in [1.82, 2.24) is 10.2 Å². The maximum atomic E-state index is 6.14. The van der Waals surface area contributed by atoms with Crippen LogP contribution in [0.1, 0.15) is 47.0 Å².